The number of aryl methyl sites for hydroxylation is 1. The summed E-state index contributed by atoms with van der Waals surface area (Å²) in [5.41, 5.74) is 2.53. The minimum atomic E-state index is -0.851. The average molecular weight is 503 g/mol. The van der Waals surface area contributed by atoms with E-state index in [9.17, 15) is 14.7 Å². The first-order chi connectivity index (χ1) is 17.9. The third kappa shape index (κ3) is 5.14. The standard InChI is InChI=1S/C29H30N2O6/c1-5-13-37-21-9-10-22(18(2)14-21)27(32)25-26(20-8-11-23(35-3)24(15-20)36-4)31(29(34)28(25)33)17-19-7-6-12-30-16-19/h6-12,14-16,26,32H,5,13,17H2,1-4H3/b27-25+. The molecule has 8 nitrogen and oxygen atoms in total. The number of aromatic nitrogens is 1. The van der Waals surface area contributed by atoms with E-state index in [1.165, 1.54) is 19.1 Å². The first-order valence-electron chi connectivity index (χ1n) is 12.0. The van der Waals surface area contributed by atoms with Crippen LogP contribution in [0.3, 0.4) is 0 Å². The Morgan fingerprint density at radius 1 is 1.05 bits per heavy atom. The number of hydrogen-bond donors (Lipinski definition) is 1. The van der Waals surface area contributed by atoms with Gasteiger partial charge in [0.2, 0.25) is 0 Å². The van der Waals surface area contributed by atoms with Crippen LogP contribution >= 0.6 is 0 Å². The van der Waals surface area contributed by atoms with E-state index < -0.39 is 17.7 Å². The van der Waals surface area contributed by atoms with Gasteiger partial charge in [-0.2, -0.15) is 0 Å². The number of nitrogens with zero attached hydrogens (tertiary/aromatic N) is 2. The summed E-state index contributed by atoms with van der Waals surface area (Å²) in [6, 6.07) is 13.2. The van der Waals surface area contributed by atoms with Gasteiger partial charge in [0.05, 0.1) is 32.4 Å². The second-order valence-electron chi connectivity index (χ2n) is 8.73. The number of hydrogen-bond acceptors (Lipinski definition) is 7. The van der Waals surface area contributed by atoms with Crippen molar-refractivity contribution in [2.75, 3.05) is 20.8 Å². The second kappa shape index (κ2) is 11.2. The van der Waals surface area contributed by atoms with Crippen LogP contribution in [0.1, 0.15) is 41.6 Å². The van der Waals surface area contributed by atoms with Crippen molar-refractivity contribution in [3.05, 3.63) is 88.8 Å². The number of amides is 1. The Labute approximate surface area is 216 Å². The molecule has 2 heterocycles. The summed E-state index contributed by atoms with van der Waals surface area (Å²) in [6.45, 7) is 4.55. The van der Waals surface area contributed by atoms with Crippen molar-refractivity contribution in [3.8, 4) is 17.2 Å². The molecule has 0 bridgehead atoms. The molecule has 2 aromatic carbocycles. The molecule has 1 aromatic heterocycles. The van der Waals surface area contributed by atoms with E-state index in [0.29, 0.717) is 35.0 Å². The summed E-state index contributed by atoms with van der Waals surface area (Å²) < 4.78 is 16.5. The Kier molecular flexibility index (Phi) is 7.77. The number of likely N-dealkylation sites (tertiary alicyclic amines) is 1. The number of ether oxygens (including phenoxy) is 3. The summed E-state index contributed by atoms with van der Waals surface area (Å²) in [5.74, 6) is -0.0806. The van der Waals surface area contributed by atoms with Gasteiger partial charge in [-0.05, 0) is 66.4 Å². The quantitative estimate of drug-likeness (QED) is 0.255. The number of Topliss-reactive ketones (excluding diaryl/α,β-unsaturated/α-hetero) is 1. The van der Waals surface area contributed by atoms with Gasteiger partial charge in [-0.15, -0.1) is 0 Å². The monoisotopic (exact) mass is 502 g/mol. The molecule has 8 heteroatoms. The molecule has 1 aliphatic heterocycles. The molecule has 1 amide bonds. The van der Waals surface area contributed by atoms with Crippen LogP contribution in [0.15, 0.2) is 66.5 Å². The molecule has 0 saturated carbocycles. The van der Waals surface area contributed by atoms with Crippen molar-refractivity contribution >= 4 is 17.4 Å². The first-order valence-corrected chi connectivity index (χ1v) is 12.0. The molecule has 1 N–H and O–H groups in total. The molecule has 192 valence electrons. The van der Waals surface area contributed by atoms with Gasteiger partial charge < -0.3 is 24.2 Å². The number of methoxy groups -OCH3 is 2. The van der Waals surface area contributed by atoms with E-state index in [1.807, 2.05) is 26.0 Å². The number of aliphatic hydroxyl groups excluding tert-OH is 1. The molecule has 1 unspecified atom stereocenters. The van der Waals surface area contributed by atoms with Crippen molar-refractivity contribution in [1.29, 1.82) is 0 Å². The lowest BCUT2D eigenvalue weighted by Crippen LogP contribution is -2.29. The van der Waals surface area contributed by atoms with Gasteiger partial charge in [-0.3, -0.25) is 14.6 Å². The largest absolute Gasteiger partial charge is 0.507 e. The van der Waals surface area contributed by atoms with Crippen molar-refractivity contribution in [1.82, 2.24) is 9.88 Å². The lowest BCUT2D eigenvalue weighted by molar-refractivity contribution is -0.140. The van der Waals surface area contributed by atoms with Crippen LogP contribution in [0, 0.1) is 6.92 Å². The Balaban J connectivity index is 1.86. The van der Waals surface area contributed by atoms with Crippen LogP contribution in [-0.2, 0) is 16.1 Å². The molecule has 37 heavy (non-hydrogen) atoms. The van der Waals surface area contributed by atoms with Crippen LogP contribution in [0.2, 0.25) is 0 Å². The number of pyridine rings is 1. The summed E-state index contributed by atoms with van der Waals surface area (Å²) in [7, 11) is 3.04. The molecular weight excluding hydrogens is 472 g/mol. The first kappa shape index (κ1) is 25.8. The van der Waals surface area contributed by atoms with Crippen LogP contribution in [0.5, 0.6) is 17.2 Å². The maximum Gasteiger partial charge on any atom is 0.295 e. The van der Waals surface area contributed by atoms with Crippen LogP contribution < -0.4 is 14.2 Å². The Morgan fingerprint density at radius 3 is 2.49 bits per heavy atom. The van der Waals surface area contributed by atoms with E-state index >= 15 is 0 Å². The second-order valence-corrected chi connectivity index (χ2v) is 8.73. The number of rotatable bonds is 9. The molecule has 1 saturated heterocycles. The Morgan fingerprint density at radius 2 is 1.84 bits per heavy atom. The van der Waals surface area contributed by atoms with Gasteiger partial charge in [0, 0.05) is 24.5 Å². The van der Waals surface area contributed by atoms with Gasteiger partial charge in [0.25, 0.3) is 11.7 Å². The molecule has 0 spiro atoms. The van der Waals surface area contributed by atoms with Crippen molar-refractivity contribution in [2.45, 2.75) is 32.9 Å². The summed E-state index contributed by atoms with van der Waals surface area (Å²) in [5, 5.41) is 11.5. The lowest BCUT2D eigenvalue weighted by Gasteiger charge is -2.26. The maximum atomic E-state index is 13.4. The molecule has 1 atom stereocenters. The maximum absolute atomic E-state index is 13.4. The van der Waals surface area contributed by atoms with E-state index in [0.717, 1.165) is 17.5 Å². The van der Waals surface area contributed by atoms with Gasteiger partial charge in [-0.1, -0.05) is 19.1 Å². The highest BCUT2D eigenvalue weighted by molar-refractivity contribution is 6.46. The van der Waals surface area contributed by atoms with Crippen LogP contribution in [-0.4, -0.2) is 47.5 Å². The third-order valence-corrected chi connectivity index (χ3v) is 6.26. The highest BCUT2D eigenvalue weighted by atomic mass is 16.5. The lowest BCUT2D eigenvalue weighted by atomic mass is 9.93. The van der Waals surface area contributed by atoms with Crippen molar-refractivity contribution in [2.24, 2.45) is 0 Å². The molecule has 0 radical (unpaired) electrons. The summed E-state index contributed by atoms with van der Waals surface area (Å²) in [6.07, 6.45) is 4.15. The zero-order chi connectivity index (χ0) is 26.5. The number of carbonyl (C=O) groups excluding carboxylic acids is 2. The molecule has 4 rings (SSSR count). The fourth-order valence-corrected chi connectivity index (χ4v) is 4.46. The molecule has 1 fully saturated rings. The predicted molar refractivity (Wildman–Crippen MR) is 139 cm³/mol. The fourth-order valence-electron chi connectivity index (χ4n) is 4.46. The Bertz CT molecular complexity index is 1340. The van der Waals surface area contributed by atoms with E-state index in [4.69, 9.17) is 14.2 Å². The summed E-state index contributed by atoms with van der Waals surface area (Å²) in [4.78, 5) is 32.3. The third-order valence-electron chi connectivity index (χ3n) is 6.26. The number of aliphatic hydroxyl groups is 1. The van der Waals surface area contributed by atoms with E-state index in [-0.39, 0.29) is 17.9 Å². The van der Waals surface area contributed by atoms with Gasteiger partial charge in [-0.25, -0.2) is 0 Å². The van der Waals surface area contributed by atoms with Crippen LogP contribution in [0.25, 0.3) is 5.76 Å². The van der Waals surface area contributed by atoms with Gasteiger partial charge in [0.15, 0.2) is 11.5 Å². The summed E-state index contributed by atoms with van der Waals surface area (Å²) >= 11 is 0. The number of benzene rings is 2. The smallest absolute Gasteiger partial charge is 0.295 e. The Hall–Kier alpha value is -4.33. The topological polar surface area (TPSA) is 98.2 Å². The fraction of sp³-hybridized carbons (Fsp3) is 0.276. The van der Waals surface area contributed by atoms with E-state index in [1.54, 1.807) is 48.8 Å². The average Bonchev–Trinajstić information content (AvgIpc) is 3.16. The van der Waals surface area contributed by atoms with Crippen molar-refractivity contribution < 1.29 is 28.9 Å². The van der Waals surface area contributed by atoms with Crippen molar-refractivity contribution in [3.63, 3.8) is 0 Å². The number of ketones is 1. The predicted octanol–water partition coefficient (Wildman–Crippen LogP) is 4.82. The SMILES string of the molecule is CCCOc1ccc(/C(O)=C2\C(=O)C(=O)N(Cc3cccnc3)C2c2ccc(OC)c(OC)c2)c(C)c1. The zero-order valence-corrected chi connectivity index (χ0v) is 21.4. The highest BCUT2D eigenvalue weighted by Gasteiger charge is 2.46. The van der Waals surface area contributed by atoms with E-state index in [2.05, 4.69) is 4.98 Å². The molecule has 3 aromatic rings. The molecular formula is C29H30N2O6. The molecule has 0 aliphatic carbocycles. The zero-order valence-electron chi connectivity index (χ0n) is 21.4. The van der Waals surface area contributed by atoms with Crippen LogP contribution in [0.4, 0.5) is 0 Å². The van der Waals surface area contributed by atoms with Gasteiger partial charge in [0.1, 0.15) is 11.5 Å². The van der Waals surface area contributed by atoms with Gasteiger partial charge >= 0.3 is 0 Å². The normalized spacial score (nSPS) is 16.6. The minimum Gasteiger partial charge on any atom is -0.507 e. The number of carbonyl (C=O) groups is 2. The minimum absolute atomic E-state index is 0.00596. The highest BCUT2D eigenvalue weighted by Crippen LogP contribution is 2.43. The molecule has 1 aliphatic rings.